The lowest BCUT2D eigenvalue weighted by molar-refractivity contribution is -0.139. The summed E-state index contributed by atoms with van der Waals surface area (Å²) in [6, 6.07) is 12.7. The second kappa shape index (κ2) is 12.2. The first-order valence-electron chi connectivity index (χ1n) is 9.70. The van der Waals surface area contributed by atoms with Crippen LogP contribution in [0.2, 0.25) is 5.02 Å². The predicted octanol–water partition coefficient (Wildman–Crippen LogP) is 5.19. The predicted molar refractivity (Wildman–Crippen MR) is 127 cm³/mol. The molecule has 0 amide bonds. The molecule has 0 N–H and O–H groups in total. The quantitative estimate of drug-likeness (QED) is 0.226. The molecular formula is C25H25ClN2O4. The van der Waals surface area contributed by atoms with E-state index in [-0.39, 0.29) is 12.2 Å². The number of nitrogens with zero attached hydrogens (tertiary/aromatic N) is 2. The Labute approximate surface area is 193 Å². The Morgan fingerprint density at radius 3 is 2.31 bits per heavy atom. The Hall–Kier alpha value is -3.69. The molecule has 0 atom stereocenters. The Balaban J connectivity index is 2.10. The van der Waals surface area contributed by atoms with Crippen LogP contribution in [0.4, 0.5) is 5.69 Å². The van der Waals surface area contributed by atoms with E-state index < -0.39 is 5.97 Å². The molecule has 0 heterocycles. The molecule has 0 aliphatic rings. The van der Waals surface area contributed by atoms with E-state index in [0.717, 1.165) is 11.3 Å². The highest BCUT2D eigenvalue weighted by Gasteiger charge is 2.12. The number of anilines is 1. The maximum atomic E-state index is 12.2. The van der Waals surface area contributed by atoms with Crippen molar-refractivity contribution in [3.05, 3.63) is 82.4 Å². The van der Waals surface area contributed by atoms with E-state index in [0.29, 0.717) is 22.1 Å². The number of carbonyl (C=O) groups excluding carboxylic acids is 1. The molecule has 6 nitrogen and oxygen atoms in total. The Morgan fingerprint density at radius 2 is 1.75 bits per heavy atom. The van der Waals surface area contributed by atoms with Crippen LogP contribution in [0.15, 0.2) is 66.3 Å². The van der Waals surface area contributed by atoms with Crippen LogP contribution in [0.1, 0.15) is 11.1 Å². The zero-order valence-corrected chi connectivity index (χ0v) is 19.2. The molecule has 166 valence electrons. The number of hydrogen-bond donors (Lipinski definition) is 0. The maximum absolute atomic E-state index is 12.2. The highest BCUT2D eigenvalue weighted by Crippen LogP contribution is 2.35. The second-order valence-electron chi connectivity index (χ2n) is 6.76. The maximum Gasteiger partial charge on any atom is 0.349 e. The summed E-state index contributed by atoms with van der Waals surface area (Å²) < 4.78 is 16.2. The second-order valence-corrected chi connectivity index (χ2v) is 7.17. The number of allylic oxidation sites excluding steroid dienone is 4. The lowest BCUT2D eigenvalue weighted by Gasteiger charge is -2.17. The molecule has 2 rings (SSSR count). The average Bonchev–Trinajstić information content (AvgIpc) is 2.80. The van der Waals surface area contributed by atoms with Gasteiger partial charge in [0.25, 0.3) is 0 Å². The number of rotatable bonds is 9. The van der Waals surface area contributed by atoms with Gasteiger partial charge in [0.1, 0.15) is 29.7 Å². The van der Waals surface area contributed by atoms with Crippen molar-refractivity contribution in [2.75, 3.05) is 33.2 Å². The smallest absolute Gasteiger partial charge is 0.349 e. The molecule has 0 fully saturated rings. The van der Waals surface area contributed by atoms with E-state index in [2.05, 4.69) is 0 Å². The number of ether oxygens (including phenoxy) is 3. The fourth-order valence-corrected chi connectivity index (χ4v) is 2.89. The summed E-state index contributed by atoms with van der Waals surface area (Å²) in [5, 5.41) is 9.75. The van der Waals surface area contributed by atoms with Crippen LogP contribution in [-0.2, 0) is 16.1 Å². The van der Waals surface area contributed by atoms with Gasteiger partial charge in [-0.15, -0.1) is 0 Å². The SMILES string of the molecule is COc1cc(N(C)C)cc(OC)c1C=CC=CC=C(C#N)C(=O)OCc1ccccc1Cl. The lowest BCUT2D eigenvalue weighted by Crippen LogP contribution is -2.09. The number of nitriles is 1. The van der Waals surface area contributed by atoms with Gasteiger partial charge in [-0.25, -0.2) is 4.79 Å². The first-order valence-corrected chi connectivity index (χ1v) is 10.1. The molecule has 0 aliphatic carbocycles. The van der Waals surface area contributed by atoms with Gasteiger partial charge in [-0.1, -0.05) is 48.0 Å². The third-order valence-corrected chi connectivity index (χ3v) is 4.82. The molecule has 0 aromatic heterocycles. The first kappa shape index (κ1) is 24.6. The zero-order chi connectivity index (χ0) is 23.5. The monoisotopic (exact) mass is 452 g/mol. The van der Waals surface area contributed by atoms with E-state index in [1.807, 2.05) is 43.3 Å². The van der Waals surface area contributed by atoms with E-state index >= 15 is 0 Å². The van der Waals surface area contributed by atoms with E-state index in [4.69, 9.17) is 25.8 Å². The van der Waals surface area contributed by atoms with Gasteiger partial charge >= 0.3 is 5.97 Å². The standard InChI is InChI=1S/C25H25ClN2O4/c1-28(2)20-14-23(30-3)21(24(15-20)31-4)12-7-5-6-10-18(16-27)25(29)32-17-19-11-8-9-13-22(19)26/h5-15H,17H2,1-4H3. The third-order valence-electron chi connectivity index (χ3n) is 4.45. The van der Waals surface area contributed by atoms with Crippen LogP contribution < -0.4 is 14.4 Å². The van der Waals surface area contributed by atoms with Crippen molar-refractivity contribution >= 4 is 29.3 Å². The largest absolute Gasteiger partial charge is 0.496 e. The third kappa shape index (κ3) is 6.66. The summed E-state index contributed by atoms with van der Waals surface area (Å²) in [5.41, 5.74) is 2.27. The van der Waals surface area contributed by atoms with Crippen LogP contribution in [0.25, 0.3) is 6.08 Å². The van der Waals surface area contributed by atoms with Crippen LogP contribution in [0.5, 0.6) is 11.5 Å². The van der Waals surface area contributed by atoms with Crippen molar-refractivity contribution in [2.45, 2.75) is 6.61 Å². The van der Waals surface area contributed by atoms with Crippen molar-refractivity contribution in [3.8, 4) is 17.6 Å². The topological polar surface area (TPSA) is 71.8 Å². The van der Waals surface area contributed by atoms with E-state index in [9.17, 15) is 10.1 Å². The van der Waals surface area contributed by atoms with Crippen LogP contribution in [0.3, 0.4) is 0 Å². The fourth-order valence-electron chi connectivity index (χ4n) is 2.70. The Bertz CT molecular complexity index is 1060. The van der Waals surface area contributed by atoms with Crippen molar-refractivity contribution < 1.29 is 19.0 Å². The minimum atomic E-state index is -0.719. The van der Waals surface area contributed by atoms with E-state index in [1.165, 1.54) is 6.08 Å². The van der Waals surface area contributed by atoms with Gasteiger partial charge in [0.15, 0.2) is 0 Å². The van der Waals surface area contributed by atoms with Gasteiger partial charge in [-0.3, -0.25) is 0 Å². The minimum absolute atomic E-state index is 0.0102. The highest BCUT2D eigenvalue weighted by atomic mass is 35.5. The van der Waals surface area contributed by atoms with Crippen molar-refractivity contribution in [2.24, 2.45) is 0 Å². The van der Waals surface area contributed by atoms with E-state index in [1.54, 1.807) is 56.7 Å². The van der Waals surface area contributed by atoms with Crippen molar-refractivity contribution in [3.63, 3.8) is 0 Å². The first-order chi connectivity index (χ1) is 15.4. The summed E-state index contributed by atoms with van der Waals surface area (Å²) in [4.78, 5) is 14.1. The number of halogens is 1. The molecule has 0 saturated heterocycles. The number of hydrogen-bond acceptors (Lipinski definition) is 6. The number of carbonyl (C=O) groups is 1. The molecular weight excluding hydrogens is 428 g/mol. The number of esters is 1. The van der Waals surface area contributed by atoms with Gasteiger partial charge in [-0.05, 0) is 18.2 Å². The lowest BCUT2D eigenvalue weighted by atomic mass is 10.1. The average molecular weight is 453 g/mol. The molecule has 0 aliphatic heterocycles. The number of methoxy groups -OCH3 is 2. The van der Waals surface area contributed by atoms with Crippen molar-refractivity contribution in [1.82, 2.24) is 0 Å². The molecule has 0 unspecified atom stereocenters. The van der Waals surface area contributed by atoms with Crippen LogP contribution in [-0.4, -0.2) is 34.3 Å². The molecule has 7 heteroatoms. The molecule has 2 aromatic carbocycles. The number of benzene rings is 2. The van der Waals surface area contributed by atoms with Gasteiger partial charge < -0.3 is 19.1 Å². The van der Waals surface area contributed by atoms with Gasteiger partial charge in [-0.2, -0.15) is 5.26 Å². The fraction of sp³-hybridized carbons (Fsp3) is 0.200. The molecule has 0 bridgehead atoms. The van der Waals surface area contributed by atoms with Gasteiger partial charge in [0.05, 0.1) is 19.8 Å². The van der Waals surface area contributed by atoms with Gasteiger partial charge in [0.2, 0.25) is 0 Å². The summed E-state index contributed by atoms with van der Waals surface area (Å²) in [6.45, 7) is -0.0102. The molecule has 32 heavy (non-hydrogen) atoms. The van der Waals surface area contributed by atoms with Crippen LogP contribution >= 0.6 is 11.6 Å². The molecule has 0 saturated carbocycles. The normalized spacial score (nSPS) is 11.4. The summed E-state index contributed by atoms with van der Waals surface area (Å²) in [7, 11) is 7.06. The minimum Gasteiger partial charge on any atom is -0.496 e. The highest BCUT2D eigenvalue weighted by molar-refractivity contribution is 6.31. The molecule has 0 spiro atoms. The summed E-state index contributed by atoms with van der Waals surface area (Å²) in [5.74, 6) is 0.604. The zero-order valence-electron chi connectivity index (χ0n) is 18.5. The summed E-state index contributed by atoms with van der Waals surface area (Å²) in [6.07, 6.45) is 8.25. The van der Waals surface area contributed by atoms with Crippen LogP contribution in [0, 0.1) is 11.3 Å². The Kier molecular flexibility index (Phi) is 9.40. The Morgan fingerprint density at radius 1 is 1.09 bits per heavy atom. The molecule has 0 radical (unpaired) electrons. The van der Waals surface area contributed by atoms with Crippen molar-refractivity contribution in [1.29, 1.82) is 5.26 Å². The van der Waals surface area contributed by atoms with Gasteiger partial charge in [0, 0.05) is 42.5 Å². The summed E-state index contributed by atoms with van der Waals surface area (Å²) >= 11 is 6.05. The molecule has 2 aromatic rings.